The fourth-order valence-electron chi connectivity index (χ4n) is 0.263. The second-order valence-corrected chi connectivity index (χ2v) is 2.65. The van der Waals surface area contributed by atoms with E-state index >= 15 is 0 Å². The average Bonchev–Trinajstić information content (AvgIpc) is 1.81. The lowest BCUT2D eigenvalue weighted by Crippen LogP contribution is -1.92. The number of aliphatic hydroxyl groups is 1. The molecule has 0 spiro atoms. The third-order valence-corrected chi connectivity index (χ3v) is 1.66. The zero-order chi connectivity index (χ0) is 6.24. The van der Waals surface area contributed by atoms with E-state index in [-0.39, 0.29) is 6.61 Å². The predicted octanol–water partition coefficient (Wildman–Crippen LogP) is 0.573. The minimum atomic E-state index is 0.247. The van der Waals surface area contributed by atoms with Crippen molar-refractivity contribution in [3.63, 3.8) is 0 Å². The molecule has 0 rings (SSSR count). The van der Waals surface area contributed by atoms with Gasteiger partial charge in [0.1, 0.15) is 0 Å². The van der Waals surface area contributed by atoms with Crippen LogP contribution in [-0.2, 0) is 4.18 Å². The zero-order valence-corrected chi connectivity index (χ0v) is 6.25. The van der Waals surface area contributed by atoms with Crippen LogP contribution < -0.4 is 0 Å². The average molecular weight is 154 g/mol. The lowest BCUT2D eigenvalue weighted by atomic mass is 10.9. The summed E-state index contributed by atoms with van der Waals surface area (Å²) in [6.45, 7) is 0.894. The summed E-state index contributed by atoms with van der Waals surface area (Å²) in [7, 11) is 0. The Morgan fingerprint density at radius 3 is 2.75 bits per heavy atom. The van der Waals surface area contributed by atoms with Crippen LogP contribution in [-0.4, -0.2) is 29.8 Å². The van der Waals surface area contributed by atoms with Crippen molar-refractivity contribution in [2.45, 2.75) is 0 Å². The molecule has 0 heterocycles. The van der Waals surface area contributed by atoms with Crippen molar-refractivity contribution < 1.29 is 9.29 Å². The topological polar surface area (TPSA) is 29.5 Å². The molecule has 0 atom stereocenters. The fourth-order valence-corrected chi connectivity index (χ4v) is 1.01. The number of rotatable bonds is 5. The fraction of sp³-hybridized carbons (Fsp3) is 1.00. The standard InChI is InChI=1S/C4H10O2S2/c5-1-3-8-4-2-6-7/h5,7H,1-4H2. The van der Waals surface area contributed by atoms with Crippen LogP contribution in [0, 0.1) is 0 Å². The molecular weight excluding hydrogens is 144 g/mol. The van der Waals surface area contributed by atoms with Gasteiger partial charge in [-0.3, -0.25) is 0 Å². The highest BCUT2D eigenvalue weighted by Crippen LogP contribution is 1.97. The number of hydrogen-bond donors (Lipinski definition) is 2. The Balaban J connectivity index is 2.53. The van der Waals surface area contributed by atoms with Gasteiger partial charge in [0.15, 0.2) is 0 Å². The summed E-state index contributed by atoms with van der Waals surface area (Å²) in [5, 5.41) is 8.28. The van der Waals surface area contributed by atoms with E-state index < -0.39 is 0 Å². The van der Waals surface area contributed by atoms with Gasteiger partial charge in [0.25, 0.3) is 0 Å². The van der Waals surface area contributed by atoms with E-state index in [2.05, 4.69) is 17.1 Å². The Bertz CT molecular complexity index is 37.0. The lowest BCUT2D eigenvalue weighted by Gasteiger charge is -1.94. The molecule has 0 aliphatic rings. The van der Waals surface area contributed by atoms with Crippen LogP contribution >= 0.6 is 24.7 Å². The Hall–Kier alpha value is 0.620. The first-order valence-electron chi connectivity index (χ1n) is 2.36. The molecule has 0 aliphatic carbocycles. The third kappa shape index (κ3) is 6.62. The minimum Gasteiger partial charge on any atom is -0.396 e. The van der Waals surface area contributed by atoms with Gasteiger partial charge in [-0.25, -0.2) is 0 Å². The molecule has 0 aromatic heterocycles. The highest BCUT2D eigenvalue weighted by molar-refractivity contribution is 7.99. The van der Waals surface area contributed by atoms with Crippen molar-refractivity contribution in [2.75, 3.05) is 24.7 Å². The normalized spacial score (nSPS) is 9.75. The van der Waals surface area contributed by atoms with Crippen LogP contribution in [0.2, 0.25) is 0 Å². The third-order valence-electron chi connectivity index (χ3n) is 0.555. The first kappa shape index (κ1) is 8.62. The second-order valence-electron chi connectivity index (χ2n) is 1.17. The molecule has 0 aliphatic heterocycles. The maximum absolute atomic E-state index is 8.28. The van der Waals surface area contributed by atoms with Crippen molar-refractivity contribution in [1.82, 2.24) is 0 Å². The van der Waals surface area contributed by atoms with Gasteiger partial charge in [0.05, 0.1) is 13.2 Å². The van der Waals surface area contributed by atoms with Crippen LogP contribution in [0.4, 0.5) is 0 Å². The molecule has 1 N–H and O–H groups in total. The number of hydrogen-bond acceptors (Lipinski definition) is 4. The first-order valence-corrected chi connectivity index (χ1v) is 3.88. The van der Waals surface area contributed by atoms with Crippen LogP contribution in [0.5, 0.6) is 0 Å². The van der Waals surface area contributed by atoms with E-state index in [4.69, 9.17) is 5.11 Å². The van der Waals surface area contributed by atoms with E-state index in [1.54, 1.807) is 11.8 Å². The quantitative estimate of drug-likeness (QED) is 0.345. The summed E-state index contributed by atoms with van der Waals surface area (Å²) < 4.78 is 4.48. The Morgan fingerprint density at radius 1 is 1.50 bits per heavy atom. The van der Waals surface area contributed by atoms with Gasteiger partial charge < -0.3 is 9.29 Å². The van der Waals surface area contributed by atoms with Gasteiger partial charge in [0, 0.05) is 11.5 Å². The van der Waals surface area contributed by atoms with E-state index in [0.717, 1.165) is 11.5 Å². The summed E-state index contributed by atoms with van der Waals surface area (Å²) in [4.78, 5) is 0. The Kier molecular flexibility index (Phi) is 8.21. The van der Waals surface area contributed by atoms with Crippen molar-refractivity contribution in [3.8, 4) is 0 Å². The number of thiol groups is 1. The van der Waals surface area contributed by atoms with Gasteiger partial charge in [0.2, 0.25) is 0 Å². The van der Waals surface area contributed by atoms with Crippen molar-refractivity contribution >= 4 is 24.7 Å². The minimum absolute atomic E-state index is 0.247. The highest BCUT2D eigenvalue weighted by Gasteiger charge is 1.84. The van der Waals surface area contributed by atoms with Gasteiger partial charge in [-0.15, -0.1) is 0 Å². The molecule has 0 saturated heterocycles. The summed E-state index contributed by atoms with van der Waals surface area (Å²) in [6, 6.07) is 0. The van der Waals surface area contributed by atoms with Gasteiger partial charge in [-0.1, -0.05) is 0 Å². The van der Waals surface area contributed by atoms with Gasteiger partial charge in [-0.05, 0) is 12.9 Å². The molecule has 0 radical (unpaired) electrons. The molecule has 8 heavy (non-hydrogen) atoms. The van der Waals surface area contributed by atoms with Crippen LogP contribution in [0.3, 0.4) is 0 Å². The second kappa shape index (κ2) is 7.62. The lowest BCUT2D eigenvalue weighted by molar-refractivity contribution is 0.322. The van der Waals surface area contributed by atoms with E-state index in [1.165, 1.54) is 0 Å². The summed E-state index contributed by atoms with van der Waals surface area (Å²) in [5.41, 5.74) is 0. The van der Waals surface area contributed by atoms with Crippen LogP contribution in [0.1, 0.15) is 0 Å². The maximum Gasteiger partial charge on any atom is 0.0701 e. The molecule has 0 aromatic rings. The SMILES string of the molecule is OCCSCCOS. The van der Waals surface area contributed by atoms with Crippen molar-refractivity contribution in [3.05, 3.63) is 0 Å². The Morgan fingerprint density at radius 2 is 2.25 bits per heavy atom. The summed E-state index contributed by atoms with van der Waals surface area (Å²) in [5.74, 6) is 1.70. The molecule has 0 aromatic carbocycles. The Labute approximate surface area is 59.2 Å². The molecule has 0 fully saturated rings. The van der Waals surface area contributed by atoms with Crippen LogP contribution in [0.15, 0.2) is 0 Å². The summed E-state index contributed by atoms with van der Waals surface area (Å²) in [6.07, 6.45) is 0. The molecule has 2 nitrogen and oxygen atoms in total. The molecular formula is C4H10O2S2. The molecule has 50 valence electrons. The molecule has 0 amide bonds. The molecule has 0 unspecified atom stereocenters. The summed E-state index contributed by atoms with van der Waals surface area (Å²) >= 11 is 5.20. The van der Waals surface area contributed by atoms with E-state index in [9.17, 15) is 0 Å². The number of thioether (sulfide) groups is 1. The predicted molar refractivity (Wildman–Crippen MR) is 39.3 cm³/mol. The largest absolute Gasteiger partial charge is 0.396 e. The first-order chi connectivity index (χ1) is 3.91. The number of aliphatic hydroxyl groups excluding tert-OH is 1. The smallest absolute Gasteiger partial charge is 0.0701 e. The molecule has 4 heteroatoms. The van der Waals surface area contributed by atoms with E-state index in [0.29, 0.717) is 6.61 Å². The molecule has 0 saturated carbocycles. The van der Waals surface area contributed by atoms with Crippen molar-refractivity contribution in [1.29, 1.82) is 0 Å². The van der Waals surface area contributed by atoms with Crippen molar-refractivity contribution in [2.24, 2.45) is 0 Å². The van der Waals surface area contributed by atoms with Crippen LogP contribution in [0.25, 0.3) is 0 Å². The van der Waals surface area contributed by atoms with E-state index in [1.807, 2.05) is 0 Å². The highest BCUT2D eigenvalue weighted by atomic mass is 32.2. The van der Waals surface area contributed by atoms with Gasteiger partial charge >= 0.3 is 0 Å². The monoisotopic (exact) mass is 154 g/mol. The zero-order valence-electron chi connectivity index (χ0n) is 4.54. The van der Waals surface area contributed by atoms with Gasteiger partial charge in [-0.2, -0.15) is 11.8 Å². The molecule has 0 bridgehead atoms. The maximum atomic E-state index is 8.28.